The van der Waals surface area contributed by atoms with Crippen molar-refractivity contribution in [2.75, 3.05) is 26.4 Å². The zero-order valence-electron chi connectivity index (χ0n) is 12.7. The lowest BCUT2D eigenvalue weighted by Gasteiger charge is -2.29. The zero-order chi connectivity index (χ0) is 14.7. The van der Waals surface area contributed by atoms with Crippen molar-refractivity contribution in [2.45, 2.75) is 38.6 Å². The van der Waals surface area contributed by atoms with E-state index >= 15 is 0 Å². The average molecular weight is 291 g/mol. The highest BCUT2D eigenvalue weighted by Gasteiger charge is 2.33. The summed E-state index contributed by atoms with van der Waals surface area (Å²) in [5.41, 5.74) is 1.28. The number of nitrogens with one attached hydrogen (secondary N) is 1. The van der Waals surface area contributed by atoms with Crippen molar-refractivity contribution in [3.8, 4) is 11.5 Å². The first-order valence-electron chi connectivity index (χ1n) is 7.96. The summed E-state index contributed by atoms with van der Waals surface area (Å²) in [5, 5.41) is 13.3. The number of benzene rings is 1. The molecule has 2 aliphatic rings. The van der Waals surface area contributed by atoms with E-state index in [4.69, 9.17) is 9.47 Å². The highest BCUT2D eigenvalue weighted by atomic mass is 16.6. The van der Waals surface area contributed by atoms with E-state index in [1.807, 2.05) is 6.07 Å². The fraction of sp³-hybridized carbons (Fsp3) is 0.647. The first-order valence-corrected chi connectivity index (χ1v) is 7.96. The molecule has 1 aliphatic carbocycles. The van der Waals surface area contributed by atoms with Gasteiger partial charge in [0.1, 0.15) is 13.2 Å². The normalized spacial score (nSPS) is 21.2. The zero-order valence-corrected chi connectivity index (χ0v) is 12.7. The van der Waals surface area contributed by atoms with Gasteiger partial charge in [-0.15, -0.1) is 0 Å². The molecule has 0 bridgehead atoms. The SMILES string of the molecule is CC(NCC1(CO)CCCC1)c1ccc2c(c1)OCCO2. The predicted octanol–water partition coefficient (Wildman–Crippen LogP) is 2.66. The van der Waals surface area contributed by atoms with Gasteiger partial charge in [-0.25, -0.2) is 0 Å². The quantitative estimate of drug-likeness (QED) is 0.875. The monoisotopic (exact) mass is 291 g/mol. The lowest BCUT2D eigenvalue weighted by atomic mass is 9.87. The second kappa shape index (κ2) is 6.24. The van der Waals surface area contributed by atoms with E-state index in [0.717, 1.165) is 30.9 Å². The van der Waals surface area contributed by atoms with Crippen molar-refractivity contribution in [2.24, 2.45) is 5.41 Å². The Hall–Kier alpha value is -1.26. The van der Waals surface area contributed by atoms with Crippen LogP contribution < -0.4 is 14.8 Å². The molecule has 1 saturated carbocycles. The van der Waals surface area contributed by atoms with E-state index in [1.54, 1.807) is 0 Å². The van der Waals surface area contributed by atoms with Gasteiger partial charge in [0.25, 0.3) is 0 Å². The number of ether oxygens (including phenoxy) is 2. The van der Waals surface area contributed by atoms with Crippen LogP contribution in [0.1, 0.15) is 44.2 Å². The molecule has 1 aliphatic heterocycles. The van der Waals surface area contributed by atoms with Crippen LogP contribution >= 0.6 is 0 Å². The topological polar surface area (TPSA) is 50.7 Å². The molecule has 0 amide bonds. The second-order valence-corrected chi connectivity index (χ2v) is 6.37. The van der Waals surface area contributed by atoms with Gasteiger partial charge in [-0.3, -0.25) is 0 Å². The third kappa shape index (κ3) is 3.16. The molecular formula is C17H25NO3. The molecule has 1 atom stereocenters. The molecule has 0 spiro atoms. The maximum Gasteiger partial charge on any atom is 0.161 e. The number of fused-ring (bicyclic) bond motifs is 1. The van der Waals surface area contributed by atoms with E-state index in [-0.39, 0.29) is 18.1 Å². The van der Waals surface area contributed by atoms with E-state index in [1.165, 1.54) is 18.4 Å². The van der Waals surface area contributed by atoms with E-state index in [0.29, 0.717) is 13.2 Å². The Labute approximate surface area is 126 Å². The van der Waals surface area contributed by atoms with Gasteiger partial charge in [0.05, 0.1) is 0 Å². The highest BCUT2D eigenvalue weighted by molar-refractivity contribution is 5.44. The minimum Gasteiger partial charge on any atom is -0.486 e. The Balaban J connectivity index is 1.63. The molecule has 1 aromatic rings. The van der Waals surface area contributed by atoms with Crippen LogP contribution in [0, 0.1) is 5.41 Å². The number of hydrogen-bond acceptors (Lipinski definition) is 4. The summed E-state index contributed by atoms with van der Waals surface area (Å²) in [6, 6.07) is 6.38. The van der Waals surface area contributed by atoms with E-state index < -0.39 is 0 Å². The molecule has 4 heteroatoms. The minimum absolute atomic E-state index is 0.0854. The molecule has 1 fully saturated rings. The molecule has 1 aromatic carbocycles. The molecule has 21 heavy (non-hydrogen) atoms. The number of aliphatic hydroxyl groups is 1. The predicted molar refractivity (Wildman–Crippen MR) is 81.8 cm³/mol. The smallest absolute Gasteiger partial charge is 0.161 e. The third-order valence-electron chi connectivity index (χ3n) is 4.85. The van der Waals surface area contributed by atoms with Crippen LogP contribution in [-0.4, -0.2) is 31.5 Å². The maximum absolute atomic E-state index is 9.68. The fourth-order valence-electron chi connectivity index (χ4n) is 3.33. The molecule has 116 valence electrons. The Morgan fingerprint density at radius 3 is 2.62 bits per heavy atom. The van der Waals surface area contributed by atoms with Crippen LogP contribution in [0.3, 0.4) is 0 Å². The van der Waals surface area contributed by atoms with Crippen LogP contribution in [0.5, 0.6) is 11.5 Å². The van der Waals surface area contributed by atoms with Gasteiger partial charge in [-0.05, 0) is 37.5 Å². The van der Waals surface area contributed by atoms with E-state index in [9.17, 15) is 5.11 Å². The number of aliphatic hydroxyl groups excluding tert-OH is 1. The van der Waals surface area contributed by atoms with Gasteiger partial charge in [0.2, 0.25) is 0 Å². The second-order valence-electron chi connectivity index (χ2n) is 6.37. The van der Waals surface area contributed by atoms with Gasteiger partial charge in [-0.2, -0.15) is 0 Å². The van der Waals surface area contributed by atoms with Crippen molar-refractivity contribution >= 4 is 0 Å². The Bertz CT molecular complexity index is 483. The van der Waals surface area contributed by atoms with Crippen LogP contribution in [-0.2, 0) is 0 Å². The summed E-state index contributed by atoms with van der Waals surface area (Å²) >= 11 is 0. The fourth-order valence-corrected chi connectivity index (χ4v) is 3.33. The minimum atomic E-state index is 0.0854. The molecule has 3 rings (SSSR count). The van der Waals surface area contributed by atoms with Gasteiger partial charge in [0.15, 0.2) is 11.5 Å². The van der Waals surface area contributed by atoms with Gasteiger partial charge in [0, 0.05) is 24.6 Å². The van der Waals surface area contributed by atoms with Crippen LogP contribution in [0.2, 0.25) is 0 Å². The Morgan fingerprint density at radius 1 is 1.19 bits per heavy atom. The average Bonchev–Trinajstić information content (AvgIpc) is 3.01. The van der Waals surface area contributed by atoms with Gasteiger partial charge < -0.3 is 19.9 Å². The third-order valence-corrected chi connectivity index (χ3v) is 4.85. The summed E-state index contributed by atoms with van der Waals surface area (Å²) in [4.78, 5) is 0. The highest BCUT2D eigenvalue weighted by Crippen LogP contribution is 2.38. The first kappa shape index (κ1) is 14.7. The van der Waals surface area contributed by atoms with E-state index in [2.05, 4.69) is 24.4 Å². The summed E-state index contributed by atoms with van der Waals surface area (Å²) in [6.45, 7) is 4.56. The summed E-state index contributed by atoms with van der Waals surface area (Å²) < 4.78 is 11.2. The van der Waals surface area contributed by atoms with Crippen molar-refractivity contribution < 1.29 is 14.6 Å². The molecular weight excluding hydrogens is 266 g/mol. The van der Waals surface area contributed by atoms with Crippen molar-refractivity contribution in [3.63, 3.8) is 0 Å². The van der Waals surface area contributed by atoms with Crippen molar-refractivity contribution in [3.05, 3.63) is 23.8 Å². The van der Waals surface area contributed by atoms with Crippen molar-refractivity contribution in [1.29, 1.82) is 0 Å². The molecule has 0 radical (unpaired) electrons. The van der Waals surface area contributed by atoms with Gasteiger partial charge >= 0.3 is 0 Å². The lowest BCUT2D eigenvalue weighted by Crippen LogP contribution is -2.36. The van der Waals surface area contributed by atoms with Crippen LogP contribution in [0.15, 0.2) is 18.2 Å². The van der Waals surface area contributed by atoms with Crippen LogP contribution in [0.25, 0.3) is 0 Å². The molecule has 1 heterocycles. The van der Waals surface area contributed by atoms with Crippen molar-refractivity contribution in [1.82, 2.24) is 5.32 Å². The lowest BCUT2D eigenvalue weighted by molar-refractivity contribution is 0.125. The Kier molecular flexibility index (Phi) is 4.36. The molecule has 0 saturated heterocycles. The standard InChI is InChI=1S/C17H25NO3/c1-13(18-11-17(12-19)6-2-3-7-17)14-4-5-15-16(10-14)21-9-8-20-15/h4-5,10,13,18-19H,2-3,6-9,11-12H2,1H3. The summed E-state index contributed by atoms with van der Waals surface area (Å²) in [7, 11) is 0. The number of rotatable bonds is 5. The maximum atomic E-state index is 9.68. The molecule has 2 N–H and O–H groups in total. The van der Waals surface area contributed by atoms with Gasteiger partial charge in [-0.1, -0.05) is 18.9 Å². The summed E-state index contributed by atoms with van der Waals surface area (Å²) in [5.74, 6) is 1.67. The molecule has 0 aromatic heterocycles. The number of hydrogen-bond donors (Lipinski definition) is 2. The first-order chi connectivity index (χ1) is 10.2. The van der Waals surface area contributed by atoms with Crippen LogP contribution in [0.4, 0.5) is 0 Å². The molecule has 4 nitrogen and oxygen atoms in total. The molecule has 1 unspecified atom stereocenters. The largest absolute Gasteiger partial charge is 0.486 e. The summed E-state index contributed by atoms with van der Waals surface area (Å²) in [6.07, 6.45) is 4.73. The Morgan fingerprint density at radius 2 is 1.90 bits per heavy atom.